The van der Waals surface area contributed by atoms with Gasteiger partial charge in [-0.2, -0.15) is 0 Å². The lowest BCUT2D eigenvalue weighted by Gasteiger charge is -2.22. The SMILES string of the molecule is CCN1CCCC1CNC(=O)c1ccccn1. The summed E-state index contributed by atoms with van der Waals surface area (Å²) >= 11 is 0. The predicted molar refractivity (Wildman–Crippen MR) is 66.8 cm³/mol. The van der Waals surface area contributed by atoms with Gasteiger partial charge in [-0.3, -0.25) is 14.7 Å². The van der Waals surface area contributed by atoms with Crippen molar-refractivity contribution in [3.63, 3.8) is 0 Å². The Morgan fingerprint density at radius 2 is 2.47 bits per heavy atom. The standard InChI is InChI=1S/C13H19N3O/c1-2-16-9-5-6-11(16)10-15-13(17)12-7-3-4-8-14-12/h3-4,7-8,11H,2,5-6,9-10H2,1H3,(H,15,17). The van der Waals surface area contributed by atoms with Crippen molar-refractivity contribution in [2.24, 2.45) is 0 Å². The number of carbonyl (C=O) groups excluding carboxylic acids is 1. The summed E-state index contributed by atoms with van der Waals surface area (Å²) in [5.41, 5.74) is 0.494. The summed E-state index contributed by atoms with van der Waals surface area (Å²) in [5, 5.41) is 2.96. The second-order valence-electron chi connectivity index (χ2n) is 4.35. The van der Waals surface area contributed by atoms with E-state index in [0.717, 1.165) is 19.6 Å². The molecule has 0 spiro atoms. The van der Waals surface area contributed by atoms with Gasteiger partial charge in [0.1, 0.15) is 5.69 Å². The largest absolute Gasteiger partial charge is 0.349 e. The van der Waals surface area contributed by atoms with Crippen molar-refractivity contribution in [2.45, 2.75) is 25.8 Å². The van der Waals surface area contributed by atoms with Gasteiger partial charge in [-0.1, -0.05) is 13.0 Å². The minimum Gasteiger partial charge on any atom is -0.349 e. The monoisotopic (exact) mass is 233 g/mol. The highest BCUT2D eigenvalue weighted by molar-refractivity contribution is 5.92. The lowest BCUT2D eigenvalue weighted by Crippen LogP contribution is -2.40. The van der Waals surface area contributed by atoms with Gasteiger partial charge >= 0.3 is 0 Å². The number of pyridine rings is 1. The molecule has 2 rings (SSSR count). The molecule has 0 aliphatic carbocycles. The van der Waals surface area contributed by atoms with Gasteiger partial charge in [-0.05, 0) is 38.1 Å². The lowest BCUT2D eigenvalue weighted by molar-refractivity contribution is 0.0936. The molecule has 0 aromatic carbocycles. The molecule has 4 nitrogen and oxygen atoms in total. The van der Waals surface area contributed by atoms with Crippen LogP contribution in [0.3, 0.4) is 0 Å². The summed E-state index contributed by atoms with van der Waals surface area (Å²) in [6.07, 6.45) is 4.05. The molecule has 1 aromatic rings. The zero-order chi connectivity index (χ0) is 12.1. The van der Waals surface area contributed by atoms with E-state index in [9.17, 15) is 4.79 Å². The van der Waals surface area contributed by atoms with Crippen LogP contribution in [0.15, 0.2) is 24.4 Å². The van der Waals surface area contributed by atoms with E-state index < -0.39 is 0 Å². The van der Waals surface area contributed by atoms with Crippen molar-refractivity contribution in [1.29, 1.82) is 0 Å². The molecule has 1 aliphatic heterocycles. The number of aromatic nitrogens is 1. The molecular weight excluding hydrogens is 214 g/mol. The zero-order valence-electron chi connectivity index (χ0n) is 10.2. The van der Waals surface area contributed by atoms with Gasteiger partial charge < -0.3 is 5.32 Å². The van der Waals surface area contributed by atoms with Gasteiger partial charge in [0.25, 0.3) is 5.91 Å². The maximum Gasteiger partial charge on any atom is 0.269 e. The van der Waals surface area contributed by atoms with Gasteiger partial charge in [-0.15, -0.1) is 0 Å². The van der Waals surface area contributed by atoms with Gasteiger partial charge in [-0.25, -0.2) is 0 Å². The van der Waals surface area contributed by atoms with Gasteiger partial charge in [0.2, 0.25) is 0 Å². The first-order valence-corrected chi connectivity index (χ1v) is 6.24. The summed E-state index contributed by atoms with van der Waals surface area (Å²) in [6, 6.07) is 5.87. The number of amides is 1. The number of carbonyl (C=O) groups is 1. The number of nitrogens with one attached hydrogen (secondary N) is 1. The highest BCUT2D eigenvalue weighted by atomic mass is 16.1. The predicted octanol–water partition coefficient (Wildman–Crippen LogP) is 1.30. The fourth-order valence-corrected chi connectivity index (χ4v) is 2.34. The number of nitrogens with zero attached hydrogens (tertiary/aromatic N) is 2. The molecule has 1 unspecified atom stereocenters. The molecular formula is C13H19N3O. The van der Waals surface area contributed by atoms with Crippen molar-refractivity contribution >= 4 is 5.91 Å². The van der Waals surface area contributed by atoms with Crippen LogP contribution in [0.4, 0.5) is 0 Å². The number of rotatable bonds is 4. The molecule has 1 aliphatic rings. The Morgan fingerprint density at radius 1 is 1.59 bits per heavy atom. The third-order valence-corrected chi connectivity index (χ3v) is 3.30. The quantitative estimate of drug-likeness (QED) is 0.852. The van der Waals surface area contributed by atoms with Crippen LogP contribution in [0.1, 0.15) is 30.3 Å². The molecule has 0 bridgehead atoms. The molecule has 4 heteroatoms. The molecule has 1 aromatic heterocycles. The fourth-order valence-electron chi connectivity index (χ4n) is 2.34. The second-order valence-corrected chi connectivity index (χ2v) is 4.35. The fraction of sp³-hybridized carbons (Fsp3) is 0.538. The summed E-state index contributed by atoms with van der Waals surface area (Å²) < 4.78 is 0. The van der Waals surface area contributed by atoms with Gasteiger partial charge in [0, 0.05) is 18.8 Å². The third kappa shape index (κ3) is 3.03. The normalized spacial score (nSPS) is 20.4. The van der Waals surface area contributed by atoms with Crippen molar-refractivity contribution in [1.82, 2.24) is 15.2 Å². The van der Waals surface area contributed by atoms with Crippen LogP contribution in [-0.2, 0) is 0 Å². The number of hydrogen-bond donors (Lipinski definition) is 1. The first-order chi connectivity index (χ1) is 8.31. The van der Waals surface area contributed by atoms with Crippen LogP contribution in [0.5, 0.6) is 0 Å². The Hall–Kier alpha value is -1.42. The van der Waals surface area contributed by atoms with Crippen LogP contribution in [0.25, 0.3) is 0 Å². The minimum atomic E-state index is -0.0754. The lowest BCUT2D eigenvalue weighted by atomic mass is 10.2. The Kier molecular flexibility index (Phi) is 4.09. The van der Waals surface area contributed by atoms with E-state index in [0.29, 0.717) is 11.7 Å². The molecule has 17 heavy (non-hydrogen) atoms. The summed E-state index contributed by atoms with van der Waals surface area (Å²) in [4.78, 5) is 18.3. The van der Waals surface area contributed by atoms with Crippen LogP contribution >= 0.6 is 0 Å². The van der Waals surface area contributed by atoms with Crippen molar-refractivity contribution < 1.29 is 4.79 Å². The Balaban J connectivity index is 1.84. The van der Waals surface area contributed by atoms with Gasteiger partial charge in [0.05, 0.1) is 0 Å². The van der Waals surface area contributed by atoms with E-state index >= 15 is 0 Å². The van der Waals surface area contributed by atoms with E-state index in [1.54, 1.807) is 12.3 Å². The molecule has 2 heterocycles. The third-order valence-electron chi connectivity index (χ3n) is 3.30. The average molecular weight is 233 g/mol. The van der Waals surface area contributed by atoms with Crippen LogP contribution in [0.2, 0.25) is 0 Å². The Bertz CT molecular complexity index is 366. The van der Waals surface area contributed by atoms with Crippen molar-refractivity contribution in [3.05, 3.63) is 30.1 Å². The van der Waals surface area contributed by atoms with Crippen molar-refractivity contribution in [3.8, 4) is 0 Å². The van der Waals surface area contributed by atoms with E-state index in [2.05, 4.69) is 22.1 Å². The van der Waals surface area contributed by atoms with Crippen LogP contribution < -0.4 is 5.32 Å². The minimum absolute atomic E-state index is 0.0754. The Morgan fingerprint density at radius 3 is 3.18 bits per heavy atom. The molecule has 1 fully saturated rings. The number of likely N-dealkylation sites (tertiary alicyclic amines) is 1. The van der Waals surface area contributed by atoms with E-state index in [1.807, 2.05) is 12.1 Å². The second kappa shape index (κ2) is 5.77. The smallest absolute Gasteiger partial charge is 0.269 e. The number of hydrogen-bond acceptors (Lipinski definition) is 3. The van der Waals surface area contributed by atoms with E-state index in [4.69, 9.17) is 0 Å². The molecule has 92 valence electrons. The highest BCUT2D eigenvalue weighted by Crippen LogP contribution is 2.15. The van der Waals surface area contributed by atoms with Crippen molar-refractivity contribution in [2.75, 3.05) is 19.6 Å². The first kappa shape index (κ1) is 12.0. The maximum atomic E-state index is 11.8. The number of likely N-dealkylation sites (N-methyl/N-ethyl adjacent to an activating group) is 1. The first-order valence-electron chi connectivity index (χ1n) is 6.24. The highest BCUT2D eigenvalue weighted by Gasteiger charge is 2.23. The molecule has 1 atom stereocenters. The zero-order valence-corrected chi connectivity index (χ0v) is 10.2. The molecule has 0 radical (unpaired) electrons. The van der Waals surface area contributed by atoms with E-state index in [-0.39, 0.29) is 5.91 Å². The van der Waals surface area contributed by atoms with Crippen LogP contribution in [-0.4, -0.2) is 41.5 Å². The summed E-state index contributed by atoms with van der Waals surface area (Å²) in [6.45, 7) is 5.10. The average Bonchev–Trinajstić information content (AvgIpc) is 2.84. The van der Waals surface area contributed by atoms with E-state index in [1.165, 1.54) is 12.8 Å². The topological polar surface area (TPSA) is 45.2 Å². The molecule has 0 saturated carbocycles. The molecule has 1 saturated heterocycles. The molecule has 1 N–H and O–H groups in total. The summed E-state index contributed by atoms with van der Waals surface area (Å²) in [7, 11) is 0. The van der Waals surface area contributed by atoms with Crippen LogP contribution in [0, 0.1) is 0 Å². The maximum absolute atomic E-state index is 11.8. The Labute approximate surface area is 102 Å². The molecule has 1 amide bonds. The summed E-state index contributed by atoms with van der Waals surface area (Å²) in [5.74, 6) is -0.0754. The van der Waals surface area contributed by atoms with Gasteiger partial charge in [0.15, 0.2) is 0 Å².